The van der Waals surface area contributed by atoms with Gasteiger partial charge in [-0.15, -0.1) is 0 Å². The summed E-state index contributed by atoms with van der Waals surface area (Å²) >= 11 is -1.82. The van der Waals surface area contributed by atoms with E-state index in [2.05, 4.69) is 20.6 Å². The van der Waals surface area contributed by atoms with Crippen LogP contribution in [0.3, 0.4) is 0 Å². The highest BCUT2D eigenvalue weighted by Crippen LogP contribution is 2.31. The number of aliphatic imine (C=N–C) groups is 2. The number of nitrogens with one attached hydrogen (secondary N) is 2. The largest absolute Gasteiger partial charge is 0.486 e. The van der Waals surface area contributed by atoms with Crippen LogP contribution in [0, 0.1) is 0 Å². The van der Waals surface area contributed by atoms with Gasteiger partial charge in [-0.1, -0.05) is 30.3 Å². The number of anilines is 1. The smallest absolute Gasteiger partial charge is 0.255 e. The van der Waals surface area contributed by atoms with Crippen molar-refractivity contribution in [2.45, 2.75) is 13.0 Å². The summed E-state index contributed by atoms with van der Waals surface area (Å²) in [5.41, 5.74) is 4.03. The molecule has 198 valence electrons. The lowest BCUT2D eigenvalue weighted by Crippen LogP contribution is -2.20. The van der Waals surface area contributed by atoms with Crippen molar-refractivity contribution in [3.05, 3.63) is 89.0 Å². The molecule has 3 aromatic carbocycles. The first-order chi connectivity index (χ1) is 18.5. The number of amides is 1. The minimum atomic E-state index is -1.82. The van der Waals surface area contributed by atoms with Crippen LogP contribution in [-0.4, -0.2) is 59.3 Å². The fourth-order valence-corrected chi connectivity index (χ4v) is 4.10. The molecule has 1 aliphatic rings. The summed E-state index contributed by atoms with van der Waals surface area (Å²) in [5, 5.41) is 5.99. The second kappa shape index (κ2) is 13.6. The number of carbonyl (C=O) groups is 1. The Labute approximate surface area is 224 Å². The summed E-state index contributed by atoms with van der Waals surface area (Å²) in [5.74, 6) is 2.12. The molecule has 10 heteroatoms. The van der Waals surface area contributed by atoms with E-state index in [1.807, 2.05) is 54.6 Å². The lowest BCUT2D eigenvalue weighted by atomic mass is 10.1. The van der Waals surface area contributed by atoms with Crippen LogP contribution in [0.15, 0.2) is 76.7 Å². The topological polar surface area (TPSA) is 122 Å². The van der Waals surface area contributed by atoms with Crippen molar-refractivity contribution < 1.29 is 23.0 Å². The molecular formula is C28H30N4O5S. The van der Waals surface area contributed by atoms with Gasteiger partial charge in [-0.25, -0.2) is 9.20 Å². The van der Waals surface area contributed by atoms with Gasteiger partial charge < -0.3 is 24.7 Å². The van der Waals surface area contributed by atoms with Gasteiger partial charge in [0.15, 0.2) is 22.6 Å². The maximum absolute atomic E-state index is 12.7. The molecule has 3 N–H and O–H groups in total. The summed E-state index contributed by atoms with van der Waals surface area (Å²) in [4.78, 5) is 21.6. The maximum Gasteiger partial charge on any atom is 0.255 e. The fraction of sp³-hybridized carbons (Fsp3) is 0.250. The second-order valence-electron chi connectivity index (χ2n) is 8.53. The average Bonchev–Trinajstić information content (AvgIpc) is 2.94. The van der Waals surface area contributed by atoms with E-state index in [4.69, 9.17) is 14.0 Å². The number of amidine groups is 1. The van der Waals surface area contributed by atoms with Crippen molar-refractivity contribution in [1.29, 1.82) is 0 Å². The van der Waals surface area contributed by atoms with Gasteiger partial charge in [0.1, 0.15) is 19.0 Å². The van der Waals surface area contributed by atoms with Crippen LogP contribution < -0.4 is 20.1 Å². The molecule has 0 aliphatic carbocycles. The number of nitrogens with zero attached hydrogens (tertiary/aromatic N) is 2. The third-order valence-electron chi connectivity index (χ3n) is 5.73. The molecule has 1 unspecified atom stereocenters. The quantitative estimate of drug-likeness (QED) is 0.158. The molecule has 1 aliphatic heterocycles. The monoisotopic (exact) mass is 534 g/mol. The van der Waals surface area contributed by atoms with Gasteiger partial charge in [-0.05, 0) is 53.1 Å². The summed E-state index contributed by atoms with van der Waals surface area (Å²) < 4.78 is 30.8. The minimum absolute atomic E-state index is 0.160. The molecule has 0 bridgehead atoms. The van der Waals surface area contributed by atoms with Crippen molar-refractivity contribution in [1.82, 2.24) is 5.32 Å². The predicted molar refractivity (Wildman–Crippen MR) is 150 cm³/mol. The zero-order valence-electron chi connectivity index (χ0n) is 21.1. The Balaban J connectivity index is 1.31. The lowest BCUT2D eigenvalue weighted by Gasteiger charge is -2.18. The maximum atomic E-state index is 12.7. The van der Waals surface area contributed by atoms with Crippen LogP contribution in [0.4, 0.5) is 5.69 Å². The number of carbonyl (C=O) groups excluding carboxylic acids is 1. The minimum Gasteiger partial charge on any atom is -0.486 e. The first kappa shape index (κ1) is 27.2. The Morgan fingerprint density at radius 3 is 2.58 bits per heavy atom. The molecule has 0 saturated carbocycles. The van der Waals surface area contributed by atoms with E-state index < -0.39 is 11.1 Å². The zero-order valence-corrected chi connectivity index (χ0v) is 21.9. The van der Waals surface area contributed by atoms with Crippen LogP contribution in [0.1, 0.15) is 27.0 Å². The van der Waals surface area contributed by atoms with E-state index in [0.29, 0.717) is 49.8 Å². The Hall–Kier alpha value is -3.86. The van der Waals surface area contributed by atoms with Gasteiger partial charge in [0.2, 0.25) is 0 Å². The first-order valence-electron chi connectivity index (χ1n) is 12.2. The molecule has 0 spiro atoms. The molecule has 0 aromatic heterocycles. The van der Waals surface area contributed by atoms with Crippen molar-refractivity contribution >= 4 is 34.7 Å². The van der Waals surface area contributed by atoms with Gasteiger partial charge in [-0.3, -0.25) is 9.79 Å². The SMILES string of the molecule is CN=C(Cc1ccc2c(c1)OCCO2)N=Cc1ccc(NC(=O)c2cccc(CNCCS(=O)O)c2)cc1. The van der Waals surface area contributed by atoms with Crippen LogP contribution in [0.5, 0.6) is 11.5 Å². The molecule has 4 rings (SSSR count). The first-order valence-corrected chi connectivity index (χ1v) is 13.4. The van der Waals surface area contributed by atoms with E-state index in [-0.39, 0.29) is 11.7 Å². The Kier molecular flexibility index (Phi) is 9.74. The molecule has 0 radical (unpaired) electrons. The summed E-state index contributed by atoms with van der Waals surface area (Å²) in [6, 6.07) is 20.5. The van der Waals surface area contributed by atoms with E-state index in [9.17, 15) is 9.00 Å². The predicted octanol–water partition coefficient (Wildman–Crippen LogP) is 3.71. The van der Waals surface area contributed by atoms with E-state index in [0.717, 1.165) is 28.2 Å². The highest BCUT2D eigenvalue weighted by atomic mass is 32.2. The molecule has 9 nitrogen and oxygen atoms in total. The molecule has 0 saturated heterocycles. The van der Waals surface area contributed by atoms with E-state index >= 15 is 0 Å². The van der Waals surface area contributed by atoms with E-state index in [1.54, 1.807) is 25.4 Å². The summed E-state index contributed by atoms with van der Waals surface area (Å²) in [7, 11) is 1.71. The Morgan fingerprint density at radius 2 is 1.82 bits per heavy atom. The van der Waals surface area contributed by atoms with Gasteiger partial charge in [0.25, 0.3) is 5.91 Å². The van der Waals surface area contributed by atoms with Gasteiger partial charge in [0, 0.05) is 44.0 Å². The van der Waals surface area contributed by atoms with E-state index in [1.165, 1.54) is 0 Å². The Bertz CT molecular complexity index is 1340. The number of hydrogen-bond donors (Lipinski definition) is 3. The highest BCUT2D eigenvalue weighted by molar-refractivity contribution is 7.79. The fourth-order valence-electron chi connectivity index (χ4n) is 3.78. The van der Waals surface area contributed by atoms with Crippen molar-refractivity contribution in [2.24, 2.45) is 9.98 Å². The van der Waals surface area contributed by atoms with Crippen molar-refractivity contribution in [3.63, 3.8) is 0 Å². The average molecular weight is 535 g/mol. The van der Waals surface area contributed by atoms with Crippen LogP contribution in [0.2, 0.25) is 0 Å². The third kappa shape index (κ3) is 8.07. The lowest BCUT2D eigenvalue weighted by molar-refractivity contribution is 0.102. The molecule has 1 atom stereocenters. The van der Waals surface area contributed by atoms with Crippen molar-refractivity contribution in [3.8, 4) is 11.5 Å². The molecule has 3 aromatic rings. The zero-order chi connectivity index (χ0) is 26.7. The number of rotatable bonds is 10. The standard InChI is InChI=1S/C28H30N4O5S/c1-29-27(17-21-7-10-25-26(16-21)37-13-12-36-25)31-19-20-5-8-24(9-6-20)32-28(33)23-4-2-3-22(15-23)18-30-11-14-38(34)35/h2-10,15-16,19,30H,11-14,17-18H2,1H3,(H,32,33)(H,34,35). The van der Waals surface area contributed by atoms with Crippen LogP contribution in [-0.2, 0) is 24.0 Å². The van der Waals surface area contributed by atoms with Gasteiger partial charge >= 0.3 is 0 Å². The highest BCUT2D eigenvalue weighted by Gasteiger charge is 2.12. The molecule has 1 amide bonds. The number of hydrogen-bond acceptors (Lipinski definition) is 6. The molecule has 1 heterocycles. The molecule has 38 heavy (non-hydrogen) atoms. The Morgan fingerprint density at radius 1 is 1.03 bits per heavy atom. The number of benzene rings is 3. The van der Waals surface area contributed by atoms with Crippen LogP contribution in [0.25, 0.3) is 0 Å². The summed E-state index contributed by atoms with van der Waals surface area (Å²) in [6.07, 6.45) is 2.31. The third-order valence-corrected chi connectivity index (χ3v) is 6.28. The summed E-state index contributed by atoms with van der Waals surface area (Å²) in [6.45, 7) is 2.02. The second-order valence-corrected chi connectivity index (χ2v) is 9.58. The molecular weight excluding hydrogens is 504 g/mol. The van der Waals surface area contributed by atoms with Gasteiger partial charge in [0.05, 0.1) is 5.75 Å². The van der Waals surface area contributed by atoms with Gasteiger partial charge in [-0.2, -0.15) is 0 Å². The normalized spacial score (nSPS) is 13.9. The molecule has 0 fully saturated rings. The van der Waals surface area contributed by atoms with Crippen LogP contribution >= 0.6 is 0 Å². The number of ether oxygens (including phenoxy) is 2. The van der Waals surface area contributed by atoms with Crippen molar-refractivity contribution in [2.75, 3.05) is 37.9 Å². The number of fused-ring (bicyclic) bond motifs is 1.